The first-order valence-electron chi connectivity index (χ1n) is 7.61. The Labute approximate surface area is 117 Å². The summed E-state index contributed by atoms with van der Waals surface area (Å²) in [5.74, 6) is 0.566. The van der Waals surface area contributed by atoms with Gasteiger partial charge in [-0.3, -0.25) is 0 Å². The van der Waals surface area contributed by atoms with Gasteiger partial charge in [-0.2, -0.15) is 0 Å². The molecule has 0 amide bonds. The highest BCUT2D eigenvalue weighted by Gasteiger charge is 2.25. The Morgan fingerprint density at radius 2 is 2.00 bits per heavy atom. The van der Waals surface area contributed by atoms with E-state index < -0.39 is 0 Å². The molecule has 0 aromatic heterocycles. The lowest BCUT2D eigenvalue weighted by Crippen LogP contribution is -2.24. The second kappa shape index (κ2) is 7.06. The zero-order valence-electron chi connectivity index (χ0n) is 12.5. The third-order valence-corrected chi connectivity index (χ3v) is 4.06. The number of nitrogens with one attached hydrogen (secondary N) is 1. The standard InChI is InChI=1S/C17H27NO/c1-4-18-12-16(11-17-10-7-14(3)19-17)15-8-5-13(2)6-9-15/h5-6,8-9,14,16-18H,4,7,10-12H2,1-3H3. The Hall–Kier alpha value is -0.860. The quantitative estimate of drug-likeness (QED) is 0.844. The van der Waals surface area contributed by atoms with Crippen molar-refractivity contribution in [1.29, 1.82) is 0 Å². The van der Waals surface area contributed by atoms with E-state index in [1.54, 1.807) is 0 Å². The molecule has 1 aromatic carbocycles. The van der Waals surface area contributed by atoms with Crippen molar-refractivity contribution in [2.45, 2.75) is 58.2 Å². The molecule has 1 heterocycles. The molecule has 1 saturated heterocycles. The topological polar surface area (TPSA) is 21.3 Å². The third kappa shape index (κ3) is 4.32. The molecule has 1 aliphatic heterocycles. The van der Waals surface area contributed by atoms with Crippen molar-refractivity contribution >= 4 is 0 Å². The number of hydrogen-bond acceptors (Lipinski definition) is 2. The molecule has 0 saturated carbocycles. The van der Waals surface area contributed by atoms with Crippen LogP contribution in [0.4, 0.5) is 0 Å². The summed E-state index contributed by atoms with van der Waals surface area (Å²) in [4.78, 5) is 0. The van der Waals surface area contributed by atoms with Crippen LogP contribution < -0.4 is 5.32 Å². The van der Waals surface area contributed by atoms with Crippen molar-refractivity contribution in [3.8, 4) is 0 Å². The molecule has 2 nitrogen and oxygen atoms in total. The van der Waals surface area contributed by atoms with E-state index in [2.05, 4.69) is 50.4 Å². The number of ether oxygens (including phenoxy) is 1. The molecule has 2 heteroatoms. The predicted octanol–water partition coefficient (Wildman–Crippen LogP) is 3.65. The van der Waals surface area contributed by atoms with Gasteiger partial charge in [0.05, 0.1) is 12.2 Å². The summed E-state index contributed by atoms with van der Waals surface area (Å²) in [6.45, 7) is 8.58. The van der Waals surface area contributed by atoms with E-state index in [9.17, 15) is 0 Å². The van der Waals surface area contributed by atoms with Gasteiger partial charge in [0.15, 0.2) is 0 Å². The van der Waals surface area contributed by atoms with Gasteiger partial charge in [-0.25, -0.2) is 0 Å². The average Bonchev–Trinajstić information content (AvgIpc) is 2.81. The molecule has 1 aromatic rings. The smallest absolute Gasteiger partial charge is 0.0586 e. The Morgan fingerprint density at radius 3 is 2.58 bits per heavy atom. The van der Waals surface area contributed by atoms with E-state index in [0.717, 1.165) is 19.5 Å². The van der Waals surface area contributed by atoms with Gasteiger partial charge in [0, 0.05) is 6.54 Å². The van der Waals surface area contributed by atoms with Gasteiger partial charge in [-0.15, -0.1) is 0 Å². The van der Waals surface area contributed by atoms with Crippen LogP contribution in [0, 0.1) is 6.92 Å². The van der Waals surface area contributed by atoms with Crippen molar-refractivity contribution in [2.75, 3.05) is 13.1 Å². The van der Waals surface area contributed by atoms with Gasteiger partial charge in [-0.05, 0) is 51.1 Å². The third-order valence-electron chi connectivity index (χ3n) is 4.06. The minimum atomic E-state index is 0.444. The summed E-state index contributed by atoms with van der Waals surface area (Å²) in [6, 6.07) is 8.98. The van der Waals surface area contributed by atoms with Crippen molar-refractivity contribution < 1.29 is 4.74 Å². The van der Waals surface area contributed by atoms with Crippen LogP contribution in [0.3, 0.4) is 0 Å². The zero-order valence-corrected chi connectivity index (χ0v) is 12.5. The molecule has 1 N–H and O–H groups in total. The van der Waals surface area contributed by atoms with Gasteiger partial charge < -0.3 is 10.1 Å². The van der Waals surface area contributed by atoms with Gasteiger partial charge in [-0.1, -0.05) is 36.8 Å². The average molecular weight is 261 g/mol. The van der Waals surface area contributed by atoms with E-state index in [1.165, 1.54) is 24.0 Å². The first-order valence-corrected chi connectivity index (χ1v) is 7.61. The molecule has 0 radical (unpaired) electrons. The van der Waals surface area contributed by atoms with Crippen LogP contribution in [0.15, 0.2) is 24.3 Å². The van der Waals surface area contributed by atoms with E-state index >= 15 is 0 Å². The fourth-order valence-electron chi connectivity index (χ4n) is 2.87. The Morgan fingerprint density at radius 1 is 1.26 bits per heavy atom. The van der Waals surface area contributed by atoms with E-state index in [1.807, 2.05) is 0 Å². The maximum atomic E-state index is 5.99. The minimum Gasteiger partial charge on any atom is -0.375 e. The molecule has 0 bridgehead atoms. The van der Waals surface area contributed by atoms with E-state index in [-0.39, 0.29) is 0 Å². The fraction of sp³-hybridized carbons (Fsp3) is 0.647. The highest BCUT2D eigenvalue weighted by molar-refractivity contribution is 5.25. The van der Waals surface area contributed by atoms with Crippen LogP contribution >= 0.6 is 0 Å². The van der Waals surface area contributed by atoms with Gasteiger partial charge in [0.25, 0.3) is 0 Å². The lowest BCUT2D eigenvalue weighted by atomic mass is 9.91. The fourth-order valence-corrected chi connectivity index (χ4v) is 2.87. The van der Waals surface area contributed by atoms with Crippen molar-refractivity contribution in [1.82, 2.24) is 5.32 Å². The largest absolute Gasteiger partial charge is 0.375 e. The summed E-state index contributed by atoms with van der Waals surface area (Å²) >= 11 is 0. The first-order chi connectivity index (χ1) is 9.19. The highest BCUT2D eigenvalue weighted by Crippen LogP contribution is 2.29. The van der Waals surface area contributed by atoms with Gasteiger partial charge in [0.1, 0.15) is 0 Å². The number of likely N-dealkylation sites (N-methyl/N-ethyl adjacent to an activating group) is 1. The molecular weight excluding hydrogens is 234 g/mol. The van der Waals surface area contributed by atoms with Crippen molar-refractivity contribution in [3.05, 3.63) is 35.4 Å². The lowest BCUT2D eigenvalue weighted by molar-refractivity contribution is 0.0466. The number of benzene rings is 1. The Kier molecular flexibility index (Phi) is 5.41. The summed E-state index contributed by atoms with van der Waals surface area (Å²) < 4.78 is 5.99. The Bertz CT molecular complexity index is 373. The monoisotopic (exact) mass is 261 g/mol. The van der Waals surface area contributed by atoms with Crippen LogP contribution in [-0.2, 0) is 4.74 Å². The van der Waals surface area contributed by atoms with E-state index in [4.69, 9.17) is 4.74 Å². The molecular formula is C17H27NO. The Balaban J connectivity index is 2.00. The summed E-state index contributed by atoms with van der Waals surface area (Å²) in [5.41, 5.74) is 2.77. The number of aryl methyl sites for hydroxylation is 1. The number of rotatable bonds is 6. The van der Waals surface area contributed by atoms with Crippen LogP contribution in [0.25, 0.3) is 0 Å². The molecule has 0 aliphatic carbocycles. The first kappa shape index (κ1) is 14.5. The molecule has 3 atom stereocenters. The normalized spacial score (nSPS) is 24.6. The second-order valence-electron chi connectivity index (χ2n) is 5.80. The molecule has 0 spiro atoms. The van der Waals surface area contributed by atoms with E-state index in [0.29, 0.717) is 18.1 Å². The molecule has 1 aliphatic rings. The van der Waals surface area contributed by atoms with Crippen molar-refractivity contribution in [2.24, 2.45) is 0 Å². The SMILES string of the molecule is CCNCC(CC1CCC(C)O1)c1ccc(C)cc1. The van der Waals surface area contributed by atoms with Gasteiger partial charge in [0.2, 0.25) is 0 Å². The van der Waals surface area contributed by atoms with Crippen LogP contribution in [-0.4, -0.2) is 25.3 Å². The predicted molar refractivity (Wildman–Crippen MR) is 80.6 cm³/mol. The minimum absolute atomic E-state index is 0.444. The van der Waals surface area contributed by atoms with Crippen molar-refractivity contribution in [3.63, 3.8) is 0 Å². The van der Waals surface area contributed by atoms with Crippen LogP contribution in [0.1, 0.15) is 50.2 Å². The number of hydrogen-bond donors (Lipinski definition) is 1. The summed E-state index contributed by atoms with van der Waals surface area (Å²) in [5, 5.41) is 3.49. The second-order valence-corrected chi connectivity index (χ2v) is 5.80. The molecule has 3 unspecified atom stereocenters. The maximum absolute atomic E-state index is 5.99. The molecule has 2 rings (SSSR count). The lowest BCUT2D eigenvalue weighted by Gasteiger charge is -2.22. The summed E-state index contributed by atoms with van der Waals surface area (Å²) in [7, 11) is 0. The van der Waals surface area contributed by atoms with Crippen LogP contribution in [0.2, 0.25) is 0 Å². The summed E-state index contributed by atoms with van der Waals surface area (Å²) in [6.07, 6.45) is 4.46. The molecule has 19 heavy (non-hydrogen) atoms. The molecule has 1 fully saturated rings. The van der Waals surface area contributed by atoms with Crippen LogP contribution in [0.5, 0.6) is 0 Å². The van der Waals surface area contributed by atoms with Gasteiger partial charge >= 0.3 is 0 Å². The maximum Gasteiger partial charge on any atom is 0.0586 e. The molecule has 106 valence electrons. The zero-order chi connectivity index (χ0) is 13.7. The highest BCUT2D eigenvalue weighted by atomic mass is 16.5.